The molecule has 2 N–H and O–H groups in total. The normalized spacial score (nSPS) is 24.1. The van der Waals surface area contributed by atoms with Gasteiger partial charge in [-0.3, -0.25) is 9.89 Å². The summed E-state index contributed by atoms with van der Waals surface area (Å²) in [5.74, 6) is 0.928. The van der Waals surface area contributed by atoms with Gasteiger partial charge in [0.2, 0.25) is 0 Å². The average molecular weight is 521 g/mol. The molecule has 0 spiro atoms. The maximum absolute atomic E-state index is 6.14. The first kappa shape index (κ1) is 23.5. The molecule has 0 saturated carbocycles. The van der Waals surface area contributed by atoms with Gasteiger partial charge in [-0.15, -0.1) is 24.0 Å². The quantitative estimate of drug-likeness (QED) is 0.355. The van der Waals surface area contributed by atoms with Crippen molar-refractivity contribution in [3.63, 3.8) is 0 Å². The summed E-state index contributed by atoms with van der Waals surface area (Å²) in [4.78, 5) is 12.1. The number of likely N-dealkylation sites (N-methyl/N-ethyl adjacent to an activating group) is 2. The van der Waals surface area contributed by atoms with Gasteiger partial charge in [0.05, 0.1) is 6.54 Å². The molecule has 2 saturated heterocycles. The molecule has 2 unspecified atom stereocenters. The summed E-state index contributed by atoms with van der Waals surface area (Å²) in [5.41, 5.74) is 1.20. The number of hydrogen-bond donors (Lipinski definition) is 2. The van der Waals surface area contributed by atoms with E-state index in [0.717, 1.165) is 63.2 Å². The lowest BCUT2D eigenvalue weighted by molar-refractivity contribution is 0.119. The van der Waals surface area contributed by atoms with Crippen LogP contribution in [0, 0.1) is 0 Å². The Kier molecular flexibility index (Phi) is 9.59. The Morgan fingerprint density at radius 2 is 2.04 bits per heavy atom. The Labute approximate surface area is 191 Å². The molecule has 0 radical (unpaired) electrons. The minimum absolute atomic E-state index is 0. The summed E-state index contributed by atoms with van der Waals surface area (Å²) in [6.45, 7) is 9.13. The van der Waals surface area contributed by atoms with Crippen molar-refractivity contribution < 1.29 is 0 Å². The Morgan fingerprint density at radius 1 is 1.21 bits per heavy atom. The molecule has 0 bridgehead atoms. The second kappa shape index (κ2) is 11.4. The zero-order valence-electron chi connectivity index (χ0n) is 17.2. The lowest BCUT2D eigenvalue weighted by Crippen LogP contribution is -2.52. The van der Waals surface area contributed by atoms with Crippen LogP contribution in [0.25, 0.3) is 0 Å². The summed E-state index contributed by atoms with van der Waals surface area (Å²) in [7, 11) is 4.39. The summed E-state index contributed by atoms with van der Waals surface area (Å²) in [6, 6.07) is 8.98. The Hall–Kier alpha value is -0.770. The molecule has 2 aliphatic rings. The fraction of sp³-hybridized carbons (Fsp3) is 0.650. The summed E-state index contributed by atoms with van der Waals surface area (Å²) in [6.07, 6.45) is 1.10. The average Bonchev–Trinajstić information content (AvgIpc) is 3.11. The zero-order valence-corrected chi connectivity index (χ0v) is 20.3. The molecule has 0 aromatic heterocycles. The smallest absolute Gasteiger partial charge is 0.191 e. The second-order valence-corrected chi connectivity index (χ2v) is 8.11. The fourth-order valence-electron chi connectivity index (χ4n) is 3.79. The Morgan fingerprint density at radius 3 is 2.79 bits per heavy atom. The van der Waals surface area contributed by atoms with Crippen molar-refractivity contribution in [2.75, 3.05) is 64.8 Å². The molecule has 8 heteroatoms. The lowest BCUT2D eigenvalue weighted by atomic mass is 10.2. The van der Waals surface area contributed by atoms with E-state index >= 15 is 0 Å². The van der Waals surface area contributed by atoms with Gasteiger partial charge in [0.15, 0.2) is 5.96 Å². The molecule has 28 heavy (non-hydrogen) atoms. The Balaban J connectivity index is 0.00000280. The van der Waals surface area contributed by atoms with Crippen LogP contribution in [0.5, 0.6) is 0 Å². The molecule has 2 fully saturated rings. The van der Waals surface area contributed by atoms with Gasteiger partial charge in [0.1, 0.15) is 0 Å². The van der Waals surface area contributed by atoms with E-state index < -0.39 is 0 Å². The van der Waals surface area contributed by atoms with Gasteiger partial charge in [-0.25, -0.2) is 0 Å². The predicted molar refractivity (Wildman–Crippen MR) is 131 cm³/mol. The molecule has 0 aliphatic carbocycles. The van der Waals surface area contributed by atoms with Gasteiger partial charge in [0, 0.05) is 62.1 Å². The maximum Gasteiger partial charge on any atom is 0.191 e. The van der Waals surface area contributed by atoms with Crippen LogP contribution in [0.2, 0.25) is 5.02 Å². The van der Waals surface area contributed by atoms with Gasteiger partial charge in [0.25, 0.3) is 0 Å². The Bertz CT molecular complexity index is 643. The topological polar surface area (TPSA) is 46.1 Å². The van der Waals surface area contributed by atoms with Crippen molar-refractivity contribution in [2.24, 2.45) is 4.99 Å². The highest BCUT2D eigenvalue weighted by Crippen LogP contribution is 2.23. The number of rotatable bonds is 5. The molecular formula is C20H34ClIN6. The summed E-state index contributed by atoms with van der Waals surface area (Å²) in [5, 5.41) is 7.83. The SMILES string of the molecule is CCNC(=NCC1CN(C)CCN1C)NC1CCN(c2cccc(Cl)c2)C1.I. The van der Waals surface area contributed by atoms with Gasteiger partial charge in [-0.1, -0.05) is 17.7 Å². The highest BCUT2D eigenvalue weighted by molar-refractivity contribution is 14.0. The molecule has 1 aromatic rings. The third kappa shape index (κ3) is 6.64. The number of nitrogens with zero attached hydrogens (tertiary/aromatic N) is 4. The van der Waals surface area contributed by atoms with E-state index in [0.29, 0.717) is 12.1 Å². The van der Waals surface area contributed by atoms with Crippen molar-refractivity contribution >= 4 is 47.2 Å². The lowest BCUT2D eigenvalue weighted by Gasteiger charge is -2.37. The minimum atomic E-state index is 0. The highest BCUT2D eigenvalue weighted by atomic mass is 127. The molecule has 1 aromatic carbocycles. The van der Waals surface area contributed by atoms with Crippen LogP contribution < -0.4 is 15.5 Å². The summed E-state index contributed by atoms with van der Waals surface area (Å²) < 4.78 is 0. The largest absolute Gasteiger partial charge is 0.369 e. The third-order valence-electron chi connectivity index (χ3n) is 5.49. The second-order valence-electron chi connectivity index (χ2n) is 7.67. The number of benzene rings is 1. The van der Waals surface area contributed by atoms with Crippen molar-refractivity contribution in [3.8, 4) is 0 Å². The van der Waals surface area contributed by atoms with E-state index in [9.17, 15) is 0 Å². The number of aliphatic imine (C=N–C) groups is 1. The van der Waals surface area contributed by atoms with Crippen LogP contribution in [0.15, 0.2) is 29.3 Å². The number of guanidine groups is 1. The molecule has 158 valence electrons. The number of hydrogen-bond acceptors (Lipinski definition) is 4. The van der Waals surface area contributed by atoms with E-state index in [-0.39, 0.29) is 24.0 Å². The molecule has 2 aliphatic heterocycles. The van der Waals surface area contributed by atoms with Gasteiger partial charge in [-0.2, -0.15) is 0 Å². The van der Waals surface area contributed by atoms with E-state index in [1.54, 1.807) is 0 Å². The first-order valence-corrected chi connectivity index (χ1v) is 10.4. The van der Waals surface area contributed by atoms with Crippen LogP contribution in [0.3, 0.4) is 0 Å². The monoisotopic (exact) mass is 520 g/mol. The zero-order chi connectivity index (χ0) is 19.2. The standard InChI is InChI=1S/C20H33ClN6.HI/c1-4-22-20(23-13-19-15-25(2)10-11-26(19)3)24-17-8-9-27(14-17)18-7-5-6-16(21)12-18;/h5-7,12,17,19H,4,8-11,13-15H2,1-3H3,(H2,22,23,24);1H. The van der Waals surface area contributed by atoms with Crippen LogP contribution in [0.4, 0.5) is 5.69 Å². The number of anilines is 1. The van der Waals surface area contributed by atoms with Crippen molar-refractivity contribution in [3.05, 3.63) is 29.3 Å². The number of nitrogens with one attached hydrogen (secondary N) is 2. The first-order valence-electron chi connectivity index (χ1n) is 9.99. The van der Waals surface area contributed by atoms with Crippen molar-refractivity contribution in [1.29, 1.82) is 0 Å². The van der Waals surface area contributed by atoms with Crippen LogP contribution in [-0.4, -0.2) is 87.8 Å². The molecular weight excluding hydrogens is 487 g/mol. The van der Waals surface area contributed by atoms with Crippen LogP contribution in [0.1, 0.15) is 13.3 Å². The van der Waals surface area contributed by atoms with Crippen LogP contribution in [-0.2, 0) is 0 Å². The van der Waals surface area contributed by atoms with Crippen molar-refractivity contribution in [2.45, 2.75) is 25.4 Å². The van der Waals surface area contributed by atoms with Gasteiger partial charge < -0.3 is 20.4 Å². The fourth-order valence-corrected chi connectivity index (χ4v) is 3.98. The van der Waals surface area contributed by atoms with E-state index in [4.69, 9.17) is 16.6 Å². The molecule has 0 amide bonds. The van der Waals surface area contributed by atoms with E-state index in [1.807, 2.05) is 18.2 Å². The van der Waals surface area contributed by atoms with E-state index in [2.05, 4.69) is 52.4 Å². The van der Waals surface area contributed by atoms with Crippen molar-refractivity contribution in [1.82, 2.24) is 20.4 Å². The molecule has 2 heterocycles. The maximum atomic E-state index is 6.14. The minimum Gasteiger partial charge on any atom is -0.369 e. The van der Waals surface area contributed by atoms with Gasteiger partial charge in [-0.05, 0) is 45.6 Å². The molecule has 3 rings (SSSR count). The first-order chi connectivity index (χ1) is 13.0. The van der Waals surface area contributed by atoms with E-state index in [1.165, 1.54) is 5.69 Å². The molecule has 2 atom stereocenters. The number of halogens is 2. The highest BCUT2D eigenvalue weighted by Gasteiger charge is 2.25. The van der Waals surface area contributed by atoms with Crippen LogP contribution >= 0.6 is 35.6 Å². The number of piperazine rings is 1. The molecule has 6 nitrogen and oxygen atoms in total. The van der Waals surface area contributed by atoms with Gasteiger partial charge >= 0.3 is 0 Å². The third-order valence-corrected chi connectivity index (χ3v) is 5.72. The summed E-state index contributed by atoms with van der Waals surface area (Å²) >= 11 is 6.14. The predicted octanol–water partition coefficient (Wildman–Crippen LogP) is 2.34.